The van der Waals surface area contributed by atoms with Crippen molar-refractivity contribution in [2.45, 2.75) is 38.0 Å². The molecular formula is C23H29N5O2. The summed E-state index contributed by atoms with van der Waals surface area (Å²) in [5.74, 6) is 0. The van der Waals surface area contributed by atoms with Crippen LogP contribution < -0.4 is 0 Å². The third-order valence-electron chi connectivity index (χ3n) is 6.38. The average molecular weight is 408 g/mol. The predicted octanol–water partition coefficient (Wildman–Crippen LogP) is 2.78. The summed E-state index contributed by atoms with van der Waals surface area (Å²) in [4.78, 5) is 6.83. The summed E-state index contributed by atoms with van der Waals surface area (Å²) in [6.07, 6.45) is 8.93. The molecule has 1 spiro atoms. The van der Waals surface area contributed by atoms with Crippen molar-refractivity contribution in [3.63, 3.8) is 0 Å². The first kappa shape index (κ1) is 19.5. The SMILES string of the molecule is COCCn1cncc1CN1CCC2(CC1)OCCc1cn(-c3ccccc3)nc12. The fraction of sp³-hybridized carbons (Fsp3) is 0.478. The van der Waals surface area contributed by atoms with Crippen molar-refractivity contribution in [1.82, 2.24) is 24.2 Å². The molecule has 1 fully saturated rings. The number of imidazole rings is 1. The van der Waals surface area contributed by atoms with Gasteiger partial charge in [0.1, 0.15) is 5.60 Å². The smallest absolute Gasteiger partial charge is 0.115 e. The molecule has 0 saturated carbocycles. The number of fused-ring (bicyclic) bond motifs is 2. The van der Waals surface area contributed by atoms with Gasteiger partial charge in [-0.05, 0) is 37.0 Å². The zero-order valence-electron chi connectivity index (χ0n) is 17.5. The minimum absolute atomic E-state index is 0.250. The molecule has 2 aliphatic heterocycles. The summed E-state index contributed by atoms with van der Waals surface area (Å²) in [6.45, 7) is 5.21. The summed E-state index contributed by atoms with van der Waals surface area (Å²) in [6, 6.07) is 10.3. The molecule has 7 nitrogen and oxygen atoms in total. The number of hydrogen-bond acceptors (Lipinski definition) is 5. The van der Waals surface area contributed by atoms with Gasteiger partial charge in [-0.15, -0.1) is 0 Å². The van der Waals surface area contributed by atoms with Gasteiger partial charge in [0, 0.05) is 45.7 Å². The van der Waals surface area contributed by atoms with Crippen LogP contribution in [0.15, 0.2) is 49.1 Å². The highest BCUT2D eigenvalue weighted by Crippen LogP contribution is 2.41. The van der Waals surface area contributed by atoms with E-state index in [0.717, 1.165) is 63.4 Å². The standard InChI is InChI=1S/C23H29N5O2/c1-29-14-12-27-18-24-15-21(27)17-26-10-8-23(9-11-26)22-19(7-13-30-23)16-28(25-22)20-5-3-2-4-6-20/h2-6,15-16,18H,7-14,17H2,1H3. The monoisotopic (exact) mass is 407 g/mol. The Morgan fingerprint density at radius 3 is 2.80 bits per heavy atom. The lowest BCUT2D eigenvalue weighted by Gasteiger charge is -2.43. The van der Waals surface area contributed by atoms with Crippen molar-refractivity contribution >= 4 is 0 Å². The third-order valence-corrected chi connectivity index (χ3v) is 6.38. The predicted molar refractivity (Wildman–Crippen MR) is 114 cm³/mol. The molecule has 2 aliphatic rings. The highest BCUT2D eigenvalue weighted by atomic mass is 16.5. The molecule has 1 saturated heterocycles. The van der Waals surface area contributed by atoms with Crippen LogP contribution in [0.25, 0.3) is 5.69 Å². The Hall–Kier alpha value is -2.48. The number of piperidine rings is 1. The summed E-state index contributed by atoms with van der Waals surface area (Å²) in [5.41, 5.74) is 4.56. The molecule has 0 unspecified atom stereocenters. The first-order chi connectivity index (χ1) is 14.8. The Morgan fingerprint density at radius 2 is 2.00 bits per heavy atom. The maximum absolute atomic E-state index is 6.41. The molecule has 0 aliphatic carbocycles. The van der Waals surface area contributed by atoms with Crippen LogP contribution in [0.2, 0.25) is 0 Å². The summed E-state index contributed by atoms with van der Waals surface area (Å²) < 4.78 is 15.8. The van der Waals surface area contributed by atoms with E-state index in [0.29, 0.717) is 6.61 Å². The topological polar surface area (TPSA) is 57.3 Å². The average Bonchev–Trinajstić information content (AvgIpc) is 3.42. The molecule has 1 aromatic carbocycles. The lowest BCUT2D eigenvalue weighted by molar-refractivity contribution is -0.102. The van der Waals surface area contributed by atoms with E-state index < -0.39 is 0 Å². The molecule has 30 heavy (non-hydrogen) atoms. The van der Waals surface area contributed by atoms with E-state index in [9.17, 15) is 0 Å². The van der Waals surface area contributed by atoms with Crippen LogP contribution in [-0.2, 0) is 34.6 Å². The van der Waals surface area contributed by atoms with E-state index in [1.165, 1.54) is 11.3 Å². The third kappa shape index (κ3) is 3.69. The van der Waals surface area contributed by atoms with E-state index in [2.05, 4.69) is 44.9 Å². The summed E-state index contributed by atoms with van der Waals surface area (Å²) in [7, 11) is 1.73. The van der Waals surface area contributed by atoms with Crippen LogP contribution in [-0.4, -0.2) is 57.6 Å². The molecule has 5 rings (SSSR count). The number of ether oxygens (including phenoxy) is 2. The highest BCUT2D eigenvalue weighted by Gasteiger charge is 2.43. The fourth-order valence-corrected chi connectivity index (χ4v) is 4.67. The molecule has 0 atom stereocenters. The Labute approximate surface area is 177 Å². The zero-order valence-corrected chi connectivity index (χ0v) is 17.5. The minimum atomic E-state index is -0.250. The Kier molecular flexibility index (Phi) is 5.41. The van der Waals surface area contributed by atoms with E-state index in [-0.39, 0.29) is 5.60 Å². The van der Waals surface area contributed by atoms with Gasteiger partial charge in [0.2, 0.25) is 0 Å². The van der Waals surface area contributed by atoms with Gasteiger partial charge in [-0.1, -0.05) is 18.2 Å². The Morgan fingerprint density at radius 1 is 1.17 bits per heavy atom. The number of benzene rings is 1. The first-order valence-corrected chi connectivity index (χ1v) is 10.8. The van der Waals surface area contributed by atoms with Crippen molar-refractivity contribution in [3.8, 4) is 5.69 Å². The molecule has 0 bridgehead atoms. The number of para-hydroxylation sites is 1. The van der Waals surface area contributed by atoms with Crippen molar-refractivity contribution in [2.75, 3.05) is 33.4 Å². The van der Waals surface area contributed by atoms with Gasteiger partial charge in [0.05, 0.1) is 36.6 Å². The molecule has 0 N–H and O–H groups in total. The number of aromatic nitrogens is 4. The van der Waals surface area contributed by atoms with Crippen molar-refractivity contribution in [3.05, 3.63) is 66.0 Å². The van der Waals surface area contributed by atoms with Crippen LogP contribution >= 0.6 is 0 Å². The van der Waals surface area contributed by atoms with Gasteiger partial charge in [-0.25, -0.2) is 9.67 Å². The van der Waals surface area contributed by atoms with Crippen molar-refractivity contribution in [2.24, 2.45) is 0 Å². The first-order valence-electron chi connectivity index (χ1n) is 10.8. The second kappa shape index (κ2) is 8.34. The quantitative estimate of drug-likeness (QED) is 0.629. The van der Waals surface area contributed by atoms with Crippen LogP contribution in [0.5, 0.6) is 0 Å². The maximum atomic E-state index is 6.41. The Balaban J connectivity index is 1.30. The highest BCUT2D eigenvalue weighted by molar-refractivity contribution is 5.35. The molecule has 0 amide bonds. The van der Waals surface area contributed by atoms with Gasteiger partial charge in [0.25, 0.3) is 0 Å². The fourth-order valence-electron chi connectivity index (χ4n) is 4.67. The van der Waals surface area contributed by atoms with Gasteiger partial charge in [0.15, 0.2) is 0 Å². The van der Waals surface area contributed by atoms with Gasteiger partial charge in [-0.2, -0.15) is 5.10 Å². The lowest BCUT2D eigenvalue weighted by Crippen LogP contribution is -2.46. The molecule has 3 aromatic rings. The minimum Gasteiger partial charge on any atom is -0.383 e. The normalized spacial score (nSPS) is 18.6. The lowest BCUT2D eigenvalue weighted by atomic mass is 9.84. The van der Waals surface area contributed by atoms with E-state index in [1.54, 1.807) is 7.11 Å². The van der Waals surface area contributed by atoms with Gasteiger partial charge >= 0.3 is 0 Å². The van der Waals surface area contributed by atoms with Crippen LogP contribution in [0.1, 0.15) is 29.8 Å². The van der Waals surface area contributed by atoms with E-state index >= 15 is 0 Å². The number of likely N-dealkylation sites (tertiary alicyclic amines) is 1. The van der Waals surface area contributed by atoms with Crippen molar-refractivity contribution in [1.29, 1.82) is 0 Å². The van der Waals surface area contributed by atoms with Crippen LogP contribution in [0.3, 0.4) is 0 Å². The molecule has 7 heteroatoms. The van der Waals surface area contributed by atoms with E-state index in [1.807, 2.05) is 23.3 Å². The number of methoxy groups -OCH3 is 1. The molecule has 2 aromatic heterocycles. The van der Waals surface area contributed by atoms with Crippen LogP contribution in [0.4, 0.5) is 0 Å². The van der Waals surface area contributed by atoms with Gasteiger partial charge in [-0.3, -0.25) is 4.90 Å². The van der Waals surface area contributed by atoms with Crippen LogP contribution in [0, 0.1) is 0 Å². The maximum Gasteiger partial charge on any atom is 0.115 e. The second-order valence-electron chi connectivity index (χ2n) is 8.22. The summed E-state index contributed by atoms with van der Waals surface area (Å²) in [5, 5.41) is 4.99. The number of hydrogen-bond donors (Lipinski definition) is 0. The number of rotatable bonds is 6. The molecule has 0 radical (unpaired) electrons. The number of nitrogens with zero attached hydrogens (tertiary/aromatic N) is 5. The Bertz CT molecular complexity index is 973. The molecule has 4 heterocycles. The zero-order chi connectivity index (χ0) is 20.4. The molecule has 158 valence electrons. The largest absolute Gasteiger partial charge is 0.383 e. The van der Waals surface area contributed by atoms with Crippen molar-refractivity contribution < 1.29 is 9.47 Å². The molecular weight excluding hydrogens is 378 g/mol. The second-order valence-corrected chi connectivity index (χ2v) is 8.22. The summed E-state index contributed by atoms with van der Waals surface area (Å²) >= 11 is 0. The van der Waals surface area contributed by atoms with E-state index in [4.69, 9.17) is 14.6 Å². The van der Waals surface area contributed by atoms with Gasteiger partial charge < -0.3 is 14.0 Å².